The topological polar surface area (TPSA) is 42.3 Å². The molecule has 0 radical (unpaired) electrons. The summed E-state index contributed by atoms with van der Waals surface area (Å²) in [6.07, 6.45) is 0. The van der Waals surface area contributed by atoms with Crippen molar-refractivity contribution in [3.05, 3.63) is 46.1 Å². The summed E-state index contributed by atoms with van der Waals surface area (Å²) < 4.78 is 2.46. The third-order valence-electron chi connectivity index (χ3n) is 3.06. The van der Waals surface area contributed by atoms with Gasteiger partial charge < -0.3 is 4.90 Å². The van der Waals surface area contributed by atoms with Crippen LogP contribution >= 0.6 is 11.3 Å². The number of thiazole rings is 1. The molecular formula is C15H18N2O2S. The van der Waals surface area contributed by atoms with Gasteiger partial charge in [0.25, 0.3) is 0 Å². The number of aromatic nitrogens is 1. The van der Waals surface area contributed by atoms with Gasteiger partial charge in [0, 0.05) is 13.1 Å². The molecule has 2 rings (SSSR count). The molecule has 2 aromatic rings. The zero-order chi connectivity index (χ0) is 14.7. The maximum atomic E-state index is 12.3. The lowest BCUT2D eigenvalue weighted by molar-refractivity contribution is -0.131. The molecule has 106 valence electrons. The molecule has 0 atom stereocenters. The van der Waals surface area contributed by atoms with Crippen molar-refractivity contribution in [3.63, 3.8) is 0 Å². The van der Waals surface area contributed by atoms with Crippen LogP contribution in [0.3, 0.4) is 0 Å². The zero-order valence-corrected chi connectivity index (χ0v) is 12.6. The van der Waals surface area contributed by atoms with E-state index in [1.807, 2.05) is 38.1 Å². The molecule has 20 heavy (non-hydrogen) atoms. The molecule has 1 heterocycles. The summed E-state index contributed by atoms with van der Waals surface area (Å²) in [5.74, 6) is -0.0545. The standard InChI is InChI=1S/C15H18N2O2S/c1-4-16(9-11(2)3)14(18)10-17-12-7-5-6-8-13(12)20-15(17)19/h5-8H,2,4,9-10H2,1,3H3. The van der Waals surface area contributed by atoms with Crippen LogP contribution in [0, 0.1) is 0 Å². The first-order valence-corrected chi connectivity index (χ1v) is 7.35. The number of hydrogen-bond donors (Lipinski definition) is 0. The normalized spacial score (nSPS) is 10.7. The fourth-order valence-corrected chi connectivity index (χ4v) is 2.99. The second-order valence-electron chi connectivity index (χ2n) is 4.79. The SMILES string of the molecule is C=C(C)CN(CC)C(=O)Cn1c(=O)sc2ccccc21. The van der Waals surface area contributed by atoms with E-state index in [-0.39, 0.29) is 17.3 Å². The maximum Gasteiger partial charge on any atom is 0.308 e. The molecule has 0 aliphatic rings. The quantitative estimate of drug-likeness (QED) is 0.794. The molecule has 0 aliphatic heterocycles. The minimum atomic E-state index is -0.0917. The van der Waals surface area contributed by atoms with Crippen molar-refractivity contribution in [2.45, 2.75) is 20.4 Å². The van der Waals surface area contributed by atoms with Gasteiger partial charge in [-0.3, -0.25) is 14.2 Å². The van der Waals surface area contributed by atoms with Gasteiger partial charge in [-0.05, 0) is 26.0 Å². The molecule has 0 N–H and O–H groups in total. The minimum absolute atomic E-state index is 0.0545. The van der Waals surface area contributed by atoms with Crippen LogP contribution in [0.5, 0.6) is 0 Å². The first kappa shape index (κ1) is 14.5. The number of fused-ring (bicyclic) bond motifs is 1. The number of benzene rings is 1. The van der Waals surface area contributed by atoms with Gasteiger partial charge >= 0.3 is 4.87 Å². The Labute approximate surface area is 121 Å². The van der Waals surface area contributed by atoms with Crippen LogP contribution < -0.4 is 4.87 Å². The van der Waals surface area contributed by atoms with Gasteiger partial charge in [0.15, 0.2) is 0 Å². The van der Waals surface area contributed by atoms with Crippen molar-refractivity contribution >= 4 is 27.5 Å². The largest absolute Gasteiger partial charge is 0.337 e. The van der Waals surface area contributed by atoms with E-state index in [2.05, 4.69) is 6.58 Å². The number of carbonyl (C=O) groups is 1. The van der Waals surface area contributed by atoms with E-state index < -0.39 is 0 Å². The smallest absolute Gasteiger partial charge is 0.308 e. The van der Waals surface area contributed by atoms with E-state index in [0.29, 0.717) is 13.1 Å². The van der Waals surface area contributed by atoms with E-state index >= 15 is 0 Å². The second kappa shape index (κ2) is 6.05. The molecule has 1 aromatic carbocycles. The monoisotopic (exact) mass is 290 g/mol. The summed E-state index contributed by atoms with van der Waals surface area (Å²) in [5.41, 5.74) is 1.75. The predicted molar refractivity (Wildman–Crippen MR) is 83.2 cm³/mol. The Morgan fingerprint density at radius 2 is 2.10 bits per heavy atom. The van der Waals surface area contributed by atoms with Gasteiger partial charge in [-0.2, -0.15) is 0 Å². The number of amides is 1. The molecule has 0 unspecified atom stereocenters. The number of carbonyl (C=O) groups excluding carboxylic acids is 1. The third-order valence-corrected chi connectivity index (χ3v) is 4.02. The Hall–Kier alpha value is -1.88. The summed E-state index contributed by atoms with van der Waals surface area (Å²) in [6.45, 7) is 8.88. The fraction of sp³-hybridized carbons (Fsp3) is 0.333. The van der Waals surface area contributed by atoms with Crippen LogP contribution in [0.15, 0.2) is 41.2 Å². The number of nitrogens with zero attached hydrogens (tertiary/aromatic N) is 2. The van der Waals surface area contributed by atoms with E-state index in [1.165, 1.54) is 11.3 Å². The van der Waals surface area contributed by atoms with Gasteiger partial charge in [-0.1, -0.05) is 35.6 Å². The van der Waals surface area contributed by atoms with Crippen LogP contribution in [0.1, 0.15) is 13.8 Å². The molecule has 0 fully saturated rings. The van der Waals surface area contributed by atoms with E-state index in [4.69, 9.17) is 0 Å². The van der Waals surface area contributed by atoms with Crippen LogP contribution in [-0.4, -0.2) is 28.5 Å². The summed E-state index contributed by atoms with van der Waals surface area (Å²) in [6, 6.07) is 7.54. The van der Waals surface area contributed by atoms with Crippen molar-refractivity contribution in [2.75, 3.05) is 13.1 Å². The highest BCUT2D eigenvalue weighted by atomic mass is 32.1. The minimum Gasteiger partial charge on any atom is -0.337 e. The first-order valence-electron chi connectivity index (χ1n) is 6.53. The van der Waals surface area contributed by atoms with Crippen molar-refractivity contribution < 1.29 is 4.79 Å². The number of likely N-dealkylation sites (N-methyl/N-ethyl adjacent to an activating group) is 1. The van der Waals surface area contributed by atoms with Crippen LogP contribution in [0.4, 0.5) is 0 Å². The Morgan fingerprint density at radius 3 is 2.75 bits per heavy atom. The molecule has 1 aromatic heterocycles. The van der Waals surface area contributed by atoms with Gasteiger partial charge in [-0.15, -0.1) is 0 Å². The van der Waals surface area contributed by atoms with Crippen LogP contribution in [-0.2, 0) is 11.3 Å². The lowest BCUT2D eigenvalue weighted by Crippen LogP contribution is -2.36. The molecule has 0 saturated carbocycles. The number of hydrogen-bond acceptors (Lipinski definition) is 3. The summed E-state index contributed by atoms with van der Waals surface area (Å²) in [7, 11) is 0. The average Bonchev–Trinajstić information content (AvgIpc) is 2.72. The van der Waals surface area contributed by atoms with Crippen molar-refractivity contribution in [1.82, 2.24) is 9.47 Å². The summed E-state index contributed by atoms with van der Waals surface area (Å²) in [4.78, 5) is 25.9. The molecular weight excluding hydrogens is 272 g/mol. The lowest BCUT2D eigenvalue weighted by atomic mass is 10.3. The first-order chi connectivity index (χ1) is 9.52. The maximum absolute atomic E-state index is 12.3. The fourth-order valence-electron chi connectivity index (χ4n) is 2.10. The Morgan fingerprint density at radius 1 is 1.40 bits per heavy atom. The van der Waals surface area contributed by atoms with Crippen molar-refractivity contribution in [1.29, 1.82) is 0 Å². The molecule has 0 spiro atoms. The Kier molecular flexibility index (Phi) is 4.39. The molecule has 0 bridgehead atoms. The zero-order valence-electron chi connectivity index (χ0n) is 11.8. The predicted octanol–water partition coefficient (Wildman–Crippen LogP) is 2.49. The second-order valence-corrected chi connectivity index (χ2v) is 5.78. The highest BCUT2D eigenvalue weighted by Crippen LogP contribution is 2.16. The van der Waals surface area contributed by atoms with Crippen molar-refractivity contribution in [2.24, 2.45) is 0 Å². The molecule has 1 amide bonds. The number of rotatable bonds is 5. The Balaban J connectivity index is 2.27. The molecule has 5 heteroatoms. The molecule has 4 nitrogen and oxygen atoms in total. The average molecular weight is 290 g/mol. The Bertz CT molecular complexity index is 699. The van der Waals surface area contributed by atoms with Gasteiger partial charge in [0.1, 0.15) is 6.54 Å². The van der Waals surface area contributed by atoms with Crippen molar-refractivity contribution in [3.8, 4) is 0 Å². The third kappa shape index (κ3) is 2.99. The highest BCUT2D eigenvalue weighted by Gasteiger charge is 2.15. The van der Waals surface area contributed by atoms with Gasteiger partial charge in [0.05, 0.1) is 10.2 Å². The van der Waals surface area contributed by atoms with Gasteiger partial charge in [0.2, 0.25) is 5.91 Å². The van der Waals surface area contributed by atoms with Crippen LogP contribution in [0.2, 0.25) is 0 Å². The summed E-state index contributed by atoms with van der Waals surface area (Å²) >= 11 is 1.17. The van der Waals surface area contributed by atoms with E-state index in [1.54, 1.807) is 9.47 Å². The van der Waals surface area contributed by atoms with E-state index in [9.17, 15) is 9.59 Å². The van der Waals surface area contributed by atoms with Crippen LogP contribution in [0.25, 0.3) is 10.2 Å². The lowest BCUT2D eigenvalue weighted by Gasteiger charge is -2.21. The molecule has 0 aliphatic carbocycles. The van der Waals surface area contributed by atoms with Gasteiger partial charge in [-0.25, -0.2) is 0 Å². The number of para-hydroxylation sites is 1. The highest BCUT2D eigenvalue weighted by molar-refractivity contribution is 7.16. The molecule has 0 saturated heterocycles. The summed E-state index contributed by atoms with van der Waals surface area (Å²) in [5, 5.41) is 0. The van der Waals surface area contributed by atoms with E-state index in [0.717, 1.165) is 15.8 Å².